The highest BCUT2D eigenvalue weighted by Crippen LogP contribution is 2.17. The molecule has 0 bridgehead atoms. The number of para-hydroxylation sites is 1. The van der Waals surface area contributed by atoms with Crippen molar-refractivity contribution < 1.29 is 9.84 Å². The van der Waals surface area contributed by atoms with E-state index in [1.165, 1.54) is 0 Å². The van der Waals surface area contributed by atoms with Crippen molar-refractivity contribution in [1.82, 2.24) is 5.32 Å². The van der Waals surface area contributed by atoms with Crippen LogP contribution in [-0.4, -0.2) is 30.4 Å². The Balaban J connectivity index is 2.41. The summed E-state index contributed by atoms with van der Waals surface area (Å²) in [4.78, 5) is 0. The van der Waals surface area contributed by atoms with Crippen LogP contribution in [0.4, 0.5) is 0 Å². The summed E-state index contributed by atoms with van der Waals surface area (Å²) >= 11 is 0. The van der Waals surface area contributed by atoms with Crippen LogP contribution >= 0.6 is 0 Å². The summed E-state index contributed by atoms with van der Waals surface area (Å²) in [6.45, 7) is 8.00. The summed E-state index contributed by atoms with van der Waals surface area (Å²) in [5, 5.41) is 12.3. The van der Waals surface area contributed by atoms with E-state index in [1.54, 1.807) is 0 Å². The molecule has 0 fully saturated rings. The van der Waals surface area contributed by atoms with E-state index >= 15 is 0 Å². The monoisotopic (exact) mass is 237 g/mol. The number of aliphatic hydroxyl groups is 1. The van der Waals surface area contributed by atoms with Crippen molar-refractivity contribution in [2.45, 2.75) is 32.7 Å². The van der Waals surface area contributed by atoms with Gasteiger partial charge < -0.3 is 15.2 Å². The molecular formula is C14H23NO2. The average Bonchev–Trinajstić information content (AvgIpc) is 2.25. The molecule has 0 atom stereocenters. The Morgan fingerprint density at radius 2 is 1.94 bits per heavy atom. The number of benzene rings is 1. The van der Waals surface area contributed by atoms with Gasteiger partial charge >= 0.3 is 0 Å². The molecule has 96 valence electrons. The normalized spacial score (nSPS) is 11.5. The minimum Gasteiger partial charge on any atom is -0.492 e. The Morgan fingerprint density at radius 1 is 1.24 bits per heavy atom. The highest BCUT2D eigenvalue weighted by Gasteiger charge is 2.08. The van der Waals surface area contributed by atoms with Crippen LogP contribution in [0.2, 0.25) is 0 Å². The molecule has 0 aliphatic rings. The molecule has 0 aliphatic heterocycles. The van der Waals surface area contributed by atoms with Gasteiger partial charge in [0.2, 0.25) is 0 Å². The first kappa shape index (κ1) is 14.0. The van der Waals surface area contributed by atoms with Gasteiger partial charge in [-0.1, -0.05) is 18.2 Å². The molecule has 0 heterocycles. The predicted molar refractivity (Wildman–Crippen MR) is 70.5 cm³/mol. The average molecular weight is 237 g/mol. The van der Waals surface area contributed by atoms with Gasteiger partial charge in [0.05, 0.1) is 0 Å². The topological polar surface area (TPSA) is 41.5 Å². The van der Waals surface area contributed by atoms with E-state index in [0.717, 1.165) is 17.9 Å². The number of rotatable bonds is 6. The largest absolute Gasteiger partial charge is 0.492 e. The number of nitrogens with one attached hydrogen (secondary N) is 1. The van der Waals surface area contributed by atoms with Gasteiger partial charge in [-0.05, 0) is 38.8 Å². The smallest absolute Gasteiger partial charge is 0.122 e. The van der Waals surface area contributed by atoms with Crippen LogP contribution in [0.1, 0.15) is 26.3 Å². The quantitative estimate of drug-likeness (QED) is 0.743. The SMILES string of the molecule is CC(C)(C)NCCOc1ccccc1CCO. The van der Waals surface area contributed by atoms with Crippen LogP contribution in [0, 0.1) is 0 Å². The van der Waals surface area contributed by atoms with Gasteiger partial charge in [0.15, 0.2) is 0 Å². The van der Waals surface area contributed by atoms with Crippen LogP contribution in [0.15, 0.2) is 24.3 Å². The third-order valence-corrected chi connectivity index (χ3v) is 2.37. The second-order valence-electron chi connectivity index (χ2n) is 5.11. The van der Waals surface area contributed by atoms with E-state index in [-0.39, 0.29) is 12.1 Å². The first-order valence-electron chi connectivity index (χ1n) is 6.09. The molecule has 1 aromatic carbocycles. The number of hydrogen-bond acceptors (Lipinski definition) is 3. The van der Waals surface area contributed by atoms with Crippen molar-refractivity contribution >= 4 is 0 Å². The van der Waals surface area contributed by atoms with Gasteiger partial charge in [-0.3, -0.25) is 0 Å². The number of aliphatic hydroxyl groups excluding tert-OH is 1. The molecule has 0 unspecified atom stereocenters. The molecule has 0 saturated heterocycles. The zero-order chi connectivity index (χ0) is 12.7. The van der Waals surface area contributed by atoms with E-state index < -0.39 is 0 Å². The summed E-state index contributed by atoms with van der Waals surface area (Å²) in [6.07, 6.45) is 0.642. The Bertz CT molecular complexity index is 331. The molecule has 1 aromatic rings. The van der Waals surface area contributed by atoms with Gasteiger partial charge in [0, 0.05) is 18.7 Å². The maximum absolute atomic E-state index is 8.95. The molecule has 17 heavy (non-hydrogen) atoms. The lowest BCUT2D eigenvalue weighted by Crippen LogP contribution is -2.38. The Hall–Kier alpha value is -1.06. The fraction of sp³-hybridized carbons (Fsp3) is 0.571. The van der Waals surface area contributed by atoms with Crippen LogP contribution in [0.5, 0.6) is 5.75 Å². The predicted octanol–water partition coefficient (Wildman–Crippen LogP) is 1.99. The van der Waals surface area contributed by atoms with Crippen molar-refractivity contribution in [3.8, 4) is 5.75 Å². The van der Waals surface area contributed by atoms with Crippen LogP contribution in [0.3, 0.4) is 0 Å². The molecule has 1 rings (SSSR count). The number of hydrogen-bond donors (Lipinski definition) is 2. The first-order chi connectivity index (χ1) is 8.03. The lowest BCUT2D eigenvalue weighted by molar-refractivity contribution is 0.278. The maximum atomic E-state index is 8.95. The minimum atomic E-state index is 0.119. The Morgan fingerprint density at radius 3 is 2.59 bits per heavy atom. The molecule has 0 saturated carbocycles. The summed E-state index contributed by atoms with van der Waals surface area (Å²) in [6, 6.07) is 7.85. The second kappa shape index (κ2) is 6.62. The van der Waals surface area contributed by atoms with E-state index in [1.807, 2.05) is 24.3 Å². The Kier molecular flexibility index (Phi) is 5.45. The third kappa shape index (κ3) is 5.71. The zero-order valence-electron chi connectivity index (χ0n) is 11.0. The fourth-order valence-electron chi connectivity index (χ4n) is 1.56. The van der Waals surface area contributed by atoms with Crippen molar-refractivity contribution in [2.75, 3.05) is 19.8 Å². The van der Waals surface area contributed by atoms with E-state index in [0.29, 0.717) is 13.0 Å². The van der Waals surface area contributed by atoms with Gasteiger partial charge in [0.1, 0.15) is 12.4 Å². The van der Waals surface area contributed by atoms with E-state index in [4.69, 9.17) is 9.84 Å². The van der Waals surface area contributed by atoms with Gasteiger partial charge in [-0.2, -0.15) is 0 Å². The molecule has 0 amide bonds. The van der Waals surface area contributed by atoms with Gasteiger partial charge in [-0.15, -0.1) is 0 Å². The molecular weight excluding hydrogens is 214 g/mol. The molecule has 0 spiro atoms. The molecule has 3 nitrogen and oxygen atoms in total. The second-order valence-corrected chi connectivity index (χ2v) is 5.11. The molecule has 0 aliphatic carbocycles. The van der Waals surface area contributed by atoms with Gasteiger partial charge in [-0.25, -0.2) is 0 Å². The van der Waals surface area contributed by atoms with Crippen molar-refractivity contribution in [3.05, 3.63) is 29.8 Å². The fourth-order valence-corrected chi connectivity index (χ4v) is 1.56. The highest BCUT2D eigenvalue weighted by molar-refractivity contribution is 5.33. The van der Waals surface area contributed by atoms with Crippen molar-refractivity contribution in [3.63, 3.8) is 0 Å². The first-order valence-corrected chi connectivity index (χ1v) is 6.09. The van der Waals surface area contributed by atoms with Crippen LogP contribution < -0.4 is 10.1 Å². The van der Waals surface area contributed by atoms with Crippen LogP contribution in [0.25, 0.3) is 0 Å². The summed E-state index contributed by atoms with van der Waals surface area (Å²) in [7, 11) is 0. The molecule has 3 heteroatoms. The maximum Gasteiger partial charge on any atom is 0.122 e. The van der Waals surface area contributed by atoms with E-state index in [9.17, 15) is 0 Å². The lowest BCUT2D eigenvalue weighted by atomic mass is 10.1. The van der Waals surface area contributed by atoms with Gasteiger partial charge in [0.25, 0.3) is 0 Å². The Labute approximate surface area is 104 Å². The third-order valence-electron chi connectivity index (χ3n) is 2.37. The molecule has 0 aromatic heterocycles. The molecule has 0 radical (unpaired) electrons. The summed E-state index contributed by atoms with van der Waals surface area (Å²) in [5.74, 6) is 0.872. The zero-order valence-corrected chi connectivity index (χ0v) is 11.0. The van der Waals surface area contributed by atoms with Crippen LogP contribution in [-0.2, 0) is 6.42 Å². The number of ether oxygens (including phenoxy) is 1. The van der Waals surface area contributed by atoms with Crippen molar-refractivity contribution in [1.29, 1.82) is 0 Å². The van der Waals surface area contributed by atoms with Crippen molar-refractivity contribution in [2.24, 2.45) is 0 Å². The summed E-state index contributed by atoms with van der Waals surface area (Å²) < 4.78 is 5.71. The summed E-state index contributed by atoms with van der Waals surface area (Å²) in [5.41, 5.74) is 1.18. The lowest BCUT2D eigenvalue weighted by Gasteiger charge is -2.20. The van der Waals surface area contributed by atoms with E-state index in [2.05, 4.69) is 26.1 Å². The molecule has 2 N–H and O–H groups in total. The minimum absolute atomic E-state index is 0.119. The standard InChI is InChI=1S/C14H23NO2/c1-14(2,3)15-9-11-17-13-7-5-4-6-12(13)8-10-16/h4-7,15-16H,8-11H2,1-3H3. The highest BCUT2D eigenvalue weighted by atomic mass is 16.5.